The molecule has 2 unspecified atom stereocenters. The molecule has 0 saturated heterocycles. The van der Waals surface area contributed by atoms with Crippen LogP contribution in [0.3, 0.4) is 0 Å². The van der Waals surface area contributed by atoms with Gasteiger partial charge >= 0.3 is 0 Å². The Labute approximate surface area is 395 Å². The molecule has 5 heteroatoms. The second-order valence-corrected chi connectivity index (χ2v) is 17.9. The van der Waals surface area contributed by atoms with E-state index in [1.165, 1.54) is 22.4 Å². The number of aliphatic imine (C=N–C) groups is 1. The molecule has 0 bridgehead atoms. The number of methoxy groups -OCH3 is 1. The van der Waals surface area contributed by atoms with Crippen LogP contribution in [0.4, 0.5) is 0 Å². The van der Waals surface area contributed by atoms with Crippen LogP contribution in [0.1, 0.15) is 58.1 Å². The highest BCUT2D eigenvalue weighted by atomic mass is 16.5. The SMILES string of the molecule is CN=C(/C=C\C=C\CC(C)(c1ccccc1C)c1cccc[n+]1C)c1c(C)c(CC(OC)(c2ccc(-c3ccccc3)cc2)c2cccc[n+]2C)cc2c1oc1cc(-c3ccccc3)ccc12. The van der Waals surface area contributed by atoms with E-state index in [0.717, 1.165) is 78.7 Å². The quantitative estimate of drug-likeness (QED) is 0.0620. The molecule has 67 heavy (non-hydrogen) atoms. The lowest BCUT2D eigenvalue weighted by atomic mass is 9.74. The van der Waals surface area contributed by atoms with Gasteiger partial charge < -0.3 is 9.15 Å². The van der Waals surface area contributed by atoms with Crippen molar-refractivity contribution in [2.45, 2.75) is 44.6 Å². The lowest BCUT2D eigenvalue weighted by molar-refractivity contribution is -0.685. The predicted octanol–water partition coefficient (Wildman–Crippen LogP) is 13.2. The fourth-order valence-electron chi connectivity index (χ4n) is 10.2. The summed E-state index contributed by atoms with van der Waals surface area (Å²) in [4.78, 5) is 4.99. The minimum atomic E-state index is -0.845. The molecule has 0 radical (unpaired) electrons. The Hall–Kier alpha value is -7.47. The van der Waals surface area contributed by atoms with Gasteiger partial charge in [-0.25, -0.2) is 9.13 Å². The van der Waals surface area contributed by atoms with Gasteiger partial charge in [0.25, 0.3) is 0 Å². The standard InChI is InChI=1S/C62H59N3O2/c1-44-23-16-17-28-54(44)61(3,57-30-18-21-39-64(57)5)38-20-10-15-29-55(63-4)59-45(2)50(41-53-52-37-34-49(42-56(52)67-60(53)59)47-26-13-9-14-27-47)43-62(66-7,58-31-19-22-40-65(58)6)51-35-32-48(33-36-51)46-24-11-8-12-25-46/h8-37,39-42H,38,43H2,1-7H3/q+2/b20-10+,29-15-,63-55?. The summed E-state index contributed by atoms with van der Waals surface area (Å²) in [5.74, 6) is 0. The molecule has 6 aromatic carbocycles. The van der Waals surface area contributed by atoms with Crippen molar-refractivity contribution in [1.29, 1.82) is 0 Å². The molecule has 0 saturated carbocycles. The number of aromatic nitrogens is 2. The number of ether oxygens (including phenoxy) is 1. The molecular weight excluding hydrogens is 819 g/mol. The van der Waals surface area contributed by atoms with Crippen molar-refractivity contribution in [3.8, 4) is 22.3 Å². The lowest BCUT2D eigenvalue weighted by Crippen LogP contribution is -2.46. The van der Waals surface area contributed by atoms with E-state index in [0.29, 0.717) is 6.42 Å². The summed E-state index contributed by atoms with van der Waals surface area (Å²) in [5.41, 5.74) is 15.2. The number of furan rings is 1. The van der Waals surface area contributed by atoms with Crippen LogP contribution < -0.4 is 9.13 Å². The Morgan fingerprint density at radius 1 is 0.642 bits per heavy atom. The number of benzene rings is 6. The van der Waals surface area contributed by atoms with Crippen LogP contribution in [0.25, 0.3) is 44.2 Å². The molecule has 3 heterocycles. The van der Waals surface area contributed by atoms with Gasteiger partial charge in [-0.3, -0.25) is 4.99 Å². The van der Waals surface area contributed by atoms with Gasteiger partial charge in [0.1, 0.15) is 25.3 Å². The van der Waals surface area contributed by atoms with Crippen LogP contribution in [-0.2, 0) is 36.3 Å². The zero-order valence-corrected chi connectivity index (χ0v) is 39.7. The molecule has 9 aromatic rings. The summed E-state index contributed by atoms with van der Waals surface area (Å²) < 4.78 is 18.3. The van der Waals surface area contributed by atoms with Crippen molar-refractivity contribution in [3.05, 3.63) is 251 Å². The summed E-state index contributed by atoms with van der Waals surface area (Å²) in [7, 11) is 7.94. The minimum Gasteiger partial charge on any atom is -0.455 e. The highest BCUT2D eigenvalue weighted by molar-refractivity contribution is 6.20. The first-order valence-corrected chi connectivity index (χ1v) is 23.2. The molecule has 0 aliphatic heterocycles. The highest BCUT2D eigenvalue weighted by Crippen LogP contribution is 2.42. The molecule has 0 spiro atoms. The predicted molar refractivity (Wildman–Crippen MR) is 275 cm³/mol. The third kappa shape index (κ3) is 8.59. The molecular formula is C62H59N3O2+2. The minimum absolute atomic E-state index is 0.248. The number of aryl methyl sites for hydroxylation is 3. The third-order valence-corrected chi connectivity index (χ3v) is 13.8. The van der Waals surface area contributed by atoms with E-state index in [4.69, 9.17) is 14.1 Å². The monoisotopic (exact) mass is 877 g/mol. The van der Waals surface area contributed by atoms with Crippen molar-refractivity contribution >= 4 is 27.7 Å². The highest BCUT2D eigenvalue weighted by Gasteiger charge is 2.42. The number of rotatable bonds is 14. The third-order valence-electron chi connectivity index (χ3n) is 13.8. The Morgan fingerprint density at radius 3 is 1.88 bits per heavy atom. The molecule has 0 aliphatic rings. The first kappa shape index (κ1) is 44.7. The summed E-state index contributed by atoms with van der Waals surface area (Å²) in [6.07, 6.45) is 14.3. The smallest absolute Gasteiger partial charge is 0.218 e. The molecule has 0 fully saturated rings. The number of pyridine rings is 2. The lowest BCUT2D eigenvalue weighted by Gasteiger charge is -2.32. The zero-order valence-electron chi connectivity index (χ0n) is 39.7. The Bertz CT molecular complexity index is 3240. The molecule has 9 rings (SSSR count). The van der Waals surface area contributed by atoms with E-state index in [1.807, 2.05) is 20.2 Å². The summed E-state index contributed by atoms with van der Waals surface area (Å²) in [6.45, 7) is 6.76. The van der Waals surface area contributed by atoms with Crippen LogP contribution in [-0.4, -0.2) is 19.9 Å². The van der Waals surface area contributed by atoms with E-state index in [9.17, 15) is 0 Å². The van der Waals surface area contributed by atoms with Gasteiger partial charge in [0, 0.05) is 61.2 Å². The van der Waals surface area contributed by atoms with Gasteiger partial charge in [0.15, 0.2) is 23.7 Å². The maximum Gasteiger partial charge on any atom is 0.218 e. The molecule has 0 aliphatic carbocycles. The second-order valence-electron chi connectivity index (χ2n) is 17.9. The van der Waals surface area contributed by atoms with Crippen molar-refractivity contribution in [2.24, 2.45) is 19.1 Å². The van der Waals surface area contributed by atoms with Crippen LogP contribution in [0.5, 0.6) is 0 Å². The van der Waals surface area contributed by atoms with Crippen LogP contribution in [0.15, 0.2) is 216 Å². The molecule has 3 aromatic heterocycles. The number of allylic oxidation sites excluding steroid dienone is 4. The van der Waals surface area contributed by atoms with Gasteiger partial charge in [-0.1, -0.05) is 140 Å². The van der Waals surface area contributed by atoms with Gasteiger partial charge in [0.2, 0.25) is 5.69 Å². The average molecular weight is 878 g/mol. The summed E-state index contributed by atoms with van der Waals surface area (Å²) in [6, 6.07) is 60.3. The molecule has 332 valence electrons. The van der Waals surface area contributed by atoms with E-state index < -0.39 is 5.60 Å². The van der Waals surface area contributed by atoms with Crippen molar-refractivity contribution in [1.82, 2.24) is 0 Å². The fourth-order valence-corrected chi connectivity index (χ4v) is 10.2. The van der Waals surface area contributed by atoms with Crippen molar-refractivity contribution in [3.63, 3.8) is 0 Å². The fraction of sp³-hybridized carbons (Fsp3) is 0.177. The second kappa shape index (κ2) is 19.2. The Kier molecular flexibility index (Phi) is 12.8. The zero-order chi connectivity index (χ0) is 46.5. The number of hydrogen-bond acceptors (Lipinski definition) is 3. The maximum absolute atomic E-state index is 6.99. The van der Waals surface area contributed by atoms with Crippen LogP contribution >= 0.6 is 0 Å². The molecule has 5 nitrogen and oxygen atoms in total. The van der Waals surface area contributed by atoms with Gasteiger partial charge in [-0.2, -0.15) is 0 Å². The normalized spacial score (nSPS) is 14.0. The first-order chi connectivity index (χ1) is 32.6. The summed E-state index contributed by atoms with van der Waals surface area (Å²) >= 11 is 0. The number of fused-ring (bicyclic) bond motifs is 3. The number of hydrogen-bond donors (Lipinski definition) is 0. The molecule has 0 N–H and O–H groups in total. The van der Waals surface area contributed by atoms with Gasteiger partial charge in [-0.15, -0.1) is 0 Å². The van der Waals surface area contributed by atoms with Crippen LogP contribution in [0.2, 0.25) is 0 Å². The Morgan fingerprint density at radius 2 is 1.24 bits per heavy atom. The van der Waals surface area contributed by atoms with Gasteiger partial charge in [-0.05, 0) is 108 Å². The topological polar surface area (TPSA) is 42.5 Å². The maximum atomic E-state index is 6.99. The molecule has 2 atom stereocenters. The van der Waals surface area contributed by atoms with E-state index >= 15 is 0 Å². The number of nitrogens with zero attached hydrogens (tertiary/aromatic N) is 3. The summed E-state index contributed by atoms with van der Waals surface area (Å²) in [5, 5.41) is 2.10. The first-order valence-electron chi connectivity index (χ1n) is 23.2. The van der Waals surface area contributed by atoms with Crippen LogP contribution in [0, 0.1) is 13.8 Å². The van der Waals surface area contributed by atoms with Crippen molar-refractivity contribution < 1.29 is 18.3 Å². The molecule has 0 amide bonds. The largest absolute Gasteiger partial charge is 0.455 e. The van der Waals surface area contributed by atoms with Crippen molar-refractivity contribution in [2.75, 3.05) is 14.2 Å². The van der Waals surface area contributed by atoms with E-state index in [2.05, 4.69) is 244 Å². The average Bonchev–Trinajstić information content (AvgIpc) is 3.73. The van der Waals surface area contributed by atoms with E-state index in [-0.39, 0.29) is 5.41 Å². The van der Waals surface area contributed by atoms with Gasteiger partial charge in [0.05, 0.1) is 11.1 Å². The van der Waals surface area contributed by atoms with E-state index in [1.54, 1.807) is 0 Å². The Balaban J connectivity index is 1.17.